The van der Waals surface area contributed by atoms with Crippen molar-refractivity contribution in [3.05, 3.63) is 29.0 Å². The third-order valence-corrected chi connectivity index (χ3v) is 3.05. The molecule has 5 heteroatoms. The molecule has 0 atom stereocenters. The van der Waals surface area contributed by atoms with E-state index in [4.69, 9.17) is 11.6 Å². The first-order valence-corrected chi connectivity index (χ1v) is 6.22. The normalized spacial score (nSPS) is 11.4. The monoisotopic (exact) mass is 272 g/mol. The first kappa shape index (κ1) is 14.9. The van der Waals surface area contributed by atoms with Crippen LogP contribution in [0.15, 0.2) is 18.2 Å². The number of hydrogen-bond acceptors (Lipinski definition) is 2. The minimum atomic E-state index is -0.498. The van der Waals surface area contributed by atoms with Crippen molar-refractivity contribution in [1.29, 1.82) is 0 Å². The molecule has 0 aliphatic rings. The molecule has 1 aromatic rings. The SMILES string of the molecule is CCC(C)(C)NCC(=O)Nc1cc(Cl)ccc1F. The summed E-state index contributed by atoms with van der Waals surface area (Å²) in [5, 5.41) is 5.97. The number of hydrogen-bond donors (Lipinski definition) is 2. The molecule has 0 spiro atoms. The second-order valence-corrected chi connectivity index (χ2v) is 5.20. The summed E-state index contributed by atoms with van der Waals surface area (Å²) in [5.41, 5.74) is -0.0203. The molecule has 0 aliphatic carbocycles. The van der Waals surface area contributed by atoms with Crippen LogP contribution in [0.1, 0.15) is 27.2 Å². The van der Waals surface area contributed by atoms with Crippen molar-refractivity contribution in [2.24, 2.45) is 0 Å². The highest BCUT2D eigenvalue weighted by Gasteiger charge is 2.16. The molecule has 0 unspecified atom stereocenters. The van der Waals surface area contributed by atoms with Gasteiger partial charge >= 0.3 is 0 Å². The van der Waals surface area contributed by atoms with Crippen LogP contribution in [0, 0.1) is 5.82 Å². The first-order valence-electron chi connectivity index (χ1n) is 5.84. The third-order valence-electron chi connectivity index (χ3n) is 2.81. The summed E-state index contributed by atoms with van der Waals surface area (Å²) in [6.45, 7) is 6.16. The second-order valence-electron chi connectivity index (χ2n) is 4.76. The van der Waals surface area contributed by atoms with Gasteiger partial charge in [0, 0.05) is 10.6 Å². The third kappa shape index (κ3) is 4.63. The van der Waals surface area contributed by atoms with E-state index in [0.717, 1.165) is 6.42 Å². The Balaban J connectivity index is 2.57. The van der Waals surface area contributed by atoms with Gasteiger partial charge in [-0.25, -0.2) is 4.39 Å². The standard InChI is InChI=1S/C13H18ClFN2O/c1-4-13(2,3)16-8-12(18)17-11-7-9(14)5-6-10(11)15/h5-7,16H,4,8H2,1-3H3,(H,17,18). The van der Waals surface area contributed by atoms with E-state index in [2.05, 4.69) is 10.6 Å². The molecule has 18 heavy (non-hydrogen) atoms. The fourth-order valence-electron chi connectivity index (χ4n) is 1.23. The number of nitrogens with one attached hydrogen (secondary N) is 2. The summed E-state index contributed by atoms with van der Waals surface area (Å²) in [6.07, 6.45) is 0.895. The molecular formula is C13H18ClFN2O. The molecular weight excluding hydrogens is 255 g/mol. The van der Waals surface area contributed by atoms with Crippen LogP contribution >= 0.6 is 11.6 Å². The minimum absolute atomic E-state index is 0.101. The lowest BCUT2D eigenvalue weighted by atomic mass is 10.0. The molecule has 1 amide bonds. The predicted molar refractivity (Wildman–Crippen MR) is 72.4 cm³/mol. The smallest absolute Gasteiger partial charge is 0.238 e. The van der Waals surface area contributed by atoms with Crippen molar-refractivity contribution < 1.29 is 9.18 Å². The van der Waals surface area contributed by atoms with Gasteiger partial charge in [0.05, 0.1) is 12.2 Å². The van der Waals surface area contributed by atoms with Gasteiger partial charge in [-0.05, 0) is 38.5 Å². The fraction of sp³-hybridized carbons (Fsp3) is 0.462. The van der Waals surface area contributed by atoms with E-state index < -0.39 is 5.82 Å². The van der Waals surface area contributed by atoms with E-state index in [1.807, 2.05) is 20.8 Å². The van der Waals surface area contributed by atoms with Gasteiger partial charge in [-0.15, -0.1) is 0 Å². The van der Waals surface area contributed by atoms with Gasteiger partial charge in [0.25, 0.3) is 0 Å². The Bertz CT molecular complexity index is 435. The maximum atomic E-state index is 13.4. The Hall–Kier alpha value is -1.13. The van der Waals surface area contributed by atoms with Gasteiger partial charge in [-0.1, -0.05) is 18.5 Å². The van der Waals surface area contributed by atoms with Crippen molar-refractivity contribution in [2.75, 3.05) is 11.9 Å². The fourth-order valence-corrected chi connectivity index (χ4v) is 1.40. The summed E-state index contributed by atoms with van der Waals surface area (Å²) in [7, 11) is 0. The van der Waals surface area contributed by atoms with E-state index in [1.165, 1.54) is 18.2 Å². The Kier molecular flexibility index (Phi) is 5.11. The zero-order valence-electron chi connectivity index (χ0n) is 10.8. The molecule has 100 valence electrons. The van der Waals surface area contributed by atoms with Crippen molar-refractivity contribution in [3.63, 3.8) is 0 Å². The summed E-state index contributed by atoms with van der Waals surface area (Å²) in [6, 6.07) is 4.05. The molecule has 0 bridgehead atoms. The maximum Gasteiger partial charge on any atom is 0.238 e. The molecule has 0 aromatic heterocycles. The number of carbonyl (C=O) groups excluding carboxylic acids is 1. The van der Waals surface area contributed by atoms with E-state index >= 15 is 0 Å². The van der Waals surface area contributed by atoms with E-state index in [1.54, 1.807) is 0 Å². The van der Waals surface area contributed by atoms with Crippen LogP contribution in [0.5, 0.6) is 0 Å². The average molecular weight is 273 g/mol. The molecule has 0 fully saturated rings. The Morgan fingerprint density at radius 2 is 2.11 bits per heavy atom. The second kappa shape index (κ2) is 6.16. The zero-order valence-corrected chi connectivity index (χ0v) is 11.6. The lowest BCUT2D eigenvalue weighted by Gasteiger charge is -2.24. The Morgan fingerprint density at radius 1 is 1.44 bits per heavy atom. The lowest BCUT2D eigenvalue weighted by Crippen LogP contribution is -2.43. The summed E-state index contributed by atoms with van der Waals surface area (Å²) in [5.74, 6) is -0.791. The van der Waals surface area contributed by atoms with Crippen molar-refractivity contribution in [1.82, 2.24) is 5.32 Å². The number of halogens is 2. The number of rotatable bonds is 5. The van der Waals surface area contributed by atoms with Crippen molar-refractivity contribution in [2.45, 2.75) is 32.7 Å². The highest BCUT2D eigenvalue weighted by molar-refractivity contribution is 6.30. The largest absolute Gasteiger partial charge is 0.322 e. The minimum Gasteiger partial charge on any atom is -0.322 e. The molecule has 0 aliphatic heterocycles. The summed E-state index contributed by atoms with van der Waals surface area (Å²) >= 11 is 5.74. The van der Waals surface area contributed by atoms with Gasteiger partial charge in [0.2, 0.25) is 5.91 Å². The summed E-state index contributed by atoms with van der Waals surface area (Å²) < 4.78 is 13.4. The number of amides is 1. The van der Waals surface area contributed by atoms with Crippen LogP contribution in [-0.2, 0) is 4.79 Å². The number of benzene rings is 1. The van der Waals surface area contributed by atoms with Crippen LogP contribution < -0.4 is 10.6 Å². The van der Waals surface area contributed by atoms with Crippen LogP contribution in [0.3, 0.4) is 0 Å². The van der Waals surface area contributed by atoms with Gasteiger partial charge in [0.15, 0.2) is 0 Å². The van der Waals surface area contributed by atoms with Gasteiger partial charge in [-0.2, -0.15) is 0 Å². The van der Waals surface area contributed by atoms with Crippen LogP contribution in [0.4, 0.5) is 10.1 Å². The van der Waals surface area contributed by atoms with Gasteiger partial charge in [-0.3, -0.25) is 4.79 Å². The molecule has 2 N–H and O–H groups in total. The predicted octanol–water partition coefficient (Wildman–Crippen LogP) is 3.20. The molecule has 3 nitrogen and oxygen atoms in total. The maximum absolute atomic E-state index is 13.4. The van der Waals surface area contributed by atoms with Crippen LogP contribution in [0.2, 0.25) is 5.02 Å². The van der Waals surface area contributed by atoms with Gasteiger partial charge in [0.1, 0.15) is 5.82 Å². The molecule has 0 radical (unpaired) electrons. The van der Waals surface area contributed by atoms with Crippen LogP contribution in [0.25, 0.3) is 0 Å². The van der Waals surface area contributed by atoms with E-state index in [-0.39, 0.29) is 23.7 Å². The average Bonchev–Trinajstić information content (AvgIpc) is 2.31. The van der Waals surface area contributed by atoms with Crippen LogP contribution in [-0.4, -0.2) is 18.0 Å². The highest BCUT2D eigenvalue weighted by atomic mass is 35.5. The molecule has 1 aromatic carbocycles. The highest BCUT2D eigenvalue weighted by Crippen LogP contribution is 2.19. The number of anilines is 1. The first-order chi connectivity index (χ1) is 8.34. The van der Waals surface area contributed by atoms with E-state index in [0.29, 0.717) is 5.02 Å². The quantitative estimate of drug-likeness (QED) is 0.864. The zero-order chi connectivity index (χ0) is 13.8. The van der Waals surface area contributed by atoms with Crippen molar-refractivity contribution in [3.8, 4) is 0 Å². The van der Waals surface area contributed by atoms with Gasteiger partial charge < -0.3 is 10.6 Å². The van der Waals surface area contributed by atoms with E-state index in [9.17, 15) is 9.18 Å². The topological polar surface area (TPSA) is 41.1 Å². The molecule has 1 rings (SSSR count). The summed E-state index contributed by atoms with van der Waals surface area (Å²) in [4.78, 5) is 11.7. The lowest BCUT2D eigenvalue weighted by molar-refractivity contribution is -0.115. The molecule has 0 heterocycles. The Morgan fingerprint density at radius 3 is 2.72 bits per heavy atom. The molecule has 0 saturated heterocycles. The number of carbonyl (C=O) groups is 1. The Labute approximate surface area is 112 Å². The molecule has 0 saturated carbocycles. The van der Waals surface area contributed by atoms with Crippen molar-refractivity contribution >= 4 is 23.2 Å².